The second-order valence-corrected chi connectivity index (χ2v) is 7.03. The number of carbonyl (C=O) groups excluding carboxylic acids is 1. The van der Waals surface area contributed by atoms with Gasteiger partial charge in [-0.15, -0.1) is 0 Å². The molecule has 3 atom stereocenters. The lowest BCUT2D eigenvalue weighted by molar-refractivity contribution is -0.0393. The van der Waals surface area contributed by atoms with Gasteiger partial charge in [-0.3, -0.25) is 4.79 Å². The number of ether oxygens (including phenoxy) is 1. The number of carbonyl (C=O) groups is 1. The van der Waals surface area contributed by atoms with E-state index in [1.807, 2.05) is 4.90 Å². The highest BCUT2D eigenvalue weighted by atomic mass is 35.5. The minimum absolute atomic E-state index is 0.0769. The van der Waals surface area contributed by atoms with E-state index < -0.39 is 0 Å². The Morgan fingerprint density at radius 3 is 2.96 bits per heavy atom. The summed E-state index contributed by atoms with van der Waals surface area (Å²) >= 11 is 6.00. The van der Waals surface area contributed by atoms with E-state index in [1.165, 1.54) is 0 Å². The van der Waals surface area contributed by atoms with Crippen molar-refractivity contribution in [1.29, 1.82) is 0 Å². The van der Waals surface area contributed by atoms with Crippen LogP contribution in [0.15, 0.2) is 28.7 Å². The van der Waals surface area contributed by atoms with Crippen LogP contribution in [-0.2, 0) is 4.74 Å². The van der Waals surface area contributed by atoms with Crippen molar-refractivity contribution >= 4 is 28.5 Å². The number of morpholine rings is 1. The number of benzene rings is 1. The zero-order valence-electron chi connectivity index (χ0n) is 13.3. The zero-order chi connectivity index (χ0) is 16.7. The predicted octanol–water partition coefficient (Wildman–Crippen LogP) is 3.09. The molecule has 2 aromatic rings. The first kappa shape index (κ1) is 15.9. The SMILES string of the molecule is O=C(c1cc2cc(Cl)ccc2o1)N1CCOC[C@@H]1[C@H]1CCC[C@@H]1O. The van der Waals surface area contributed by atoms with Gasteiger partial charge in [0.2, 0.25) is 0 Å². The molecule has 2 aliphatic rings. The topological polar surface area (TPSA) is 62.9 Å². The molecular weight excluding hydrogens is 330 g/mol. The summed E-state index contributed by atoms with van der Waals surface area (Å²) in [7, 11) is 0. The highest BCUT2D eigenvalue weighted by Crippen LogP contribution is 2.33. The molecule has 0 unspecified atom stereocenters. The third-order valence-electron chi connectivity index (χ3n) is 5.14. The van der Waals surface area contributed by atoms with Gasteiger partial charge in [-0.1, -0.05) is 18.0 Å². The van der Waals surface area contributed by atoms with E-state index in [0.29, 0.717) is 36.1 Å². The van der Waals surface area contributed by atoms with Gasteiger partial charge in [0.1, 0.15) is 5.58 Å². The summed E-state index contributed by atoms with van der Waals surface area (Å²) in [4.78, 5) is 14.8. The number of amides is 1. The second kappa shape index (κ2) is 6.39. The van der Waals surface area contributed by atoms with Gasteiger partial charge in [0.25, 0.3) is 5.91 Å². The second-order valence-electron chi connectivity index (χ2n) is 6.60. The van der Waals surface area contributed by atoms with Crippen LogP contribution in [0.5, 0.6) is 0 Å². The molecule has 0 radical (unpaired) electrons. The molecule has 0 bridgehead atoms. The van der Waals surface area contributed by atoms with Crippen molar-refractivity contribution in [3.05, 3.63) is 35.0 Å². The average Bonchev–Trinajstić information content (AvgIpc) is 3.19. The maximum Gasteiger partial charge on any atom is 0.290 e. The minimum Gasteiger partial charge on any atom is -0.451 e. The molecule has 1 saturated carbocycles. The fraction of sp³-hybridized carbons (Fsp3) is 0.500. The number of hydrogen-bond donors (Lipinski definition) is 1. The van der Waals surface area contributed by atoms with Gasteiger partial charge in [0.15, 0.2) is 5.76 Å². The maximum atomic E-state index is 13.0. The molecule has 4 rings (SSSR count). The van der Waals surface area contributed by atoms with E-state index in [1.54, 1.807) is 24.3 Å². The Kier molecular flexibility index (Phi) is 4.24. The Balaban J connectivity index is 1.62. The van der Waals surface area contributed by atoms with Crippen molar-refractivity contribution in [2.24, 2.45) is 5.92 Å². The summed E-state index contributed by atoms with van der Waals surface area (Å²) in [6, 6.07) is 6.94. The molecule has 5 nitrogen and oxygen atoms in total. The van der Waals surface area contributed by atoms with Crippen molar-refractivity contribution < 1.29 is 19.1 Å². The summed E-state index contributed by atoms with van der Waals surface area (Å²) < 4.78 is 11.3. The Morgan fingerprint density at radius 1 is 1.29 bits per heavy atom. The Morgan fingerprint density at radius 2 is 2.17 bits per heavy atom. The molecule has 1 saturated heterocycles. The van der Waals surface area contributed by atoms with E-state index in [-0.39, 0.29) is 24.0 Å². The molecule has 2 heterocycles. The normalized spacial score (nSPS) is 27.8. The standard InChI is InChI=1S/C18H20ClNO4/c19-12-4-5-16-11(8-12)9-17(24-16)18(22)20-6-7-23-10-14(20)13-2-1-3-15(13)21/h4-5,8-9,13-15,21H,1-3,6-7,10H2/t13-,14-,15+/m1/s1. The monoisotopic (exact) mass is 349 g/mol. The molecular formula is C18H20ClNO4. The first-order chi connectivity index (χ1) is 11.6. The van der Waals surface area contributed by atoms with Gasteiger partial charge in [-0.25, -0.2) is 0 Å². The smallest absolute Gasteiger partial charge is 0.290 e. The van der Waals surface area contributed by atoms with Crippen molar-refractivity contribution in [3.63, 3.8) is 0 Å². The molecule has 1 aliphatic heterocycles. The van der Waals surface area contributed by atoms with Crippen LogP contribution < -0.4 is 0 Å². The van der Waals surface area contributed by atoms with Crippen molar-refractivity contribution in [3.8, 4) is 0 Å². The largest absolute Gasteiger partial charge is 0.451 e. The number of aliphatic hydroxyl groups is 1. The van der Waals surface area contributed by atoms with Crippen LogP contribution in [0.4, 0.5) is 0 Å². The number of halogens is 1. The number of rotatable bonds is 2. The van der Waals surface area contributed by atoms with Gasteiger partial charge < -0.3 is 19.2 Å². The summed E-state index contributed by atoms with van der Waals surface area (Å²) in [5, 5.41) is 11.7. The van der Waals surface area contributed by atoms with E-state index in [9.17, 15) is 9.90 Å². The van der Waals surface area contributed by atoms with Gasteiger partial charge in [0.05, 0.1) is 25.4 Å². The first-order valence-corrected chi connectivity index (χ1v) is 8.77. The Labute approximate surface area is 145 Å². The van der Waals surface area contributed by atoms with E-state index >= 15 is 0 Å². The number of aliphatic hydroxyl groups excluding tert-OH is 1. The molecule has 1 aromatic carbocycles. The van der Waals surface area contributed by atoms with Gasteiger partial charge >= 0.3 is 0 Å². The van der Waals surface area contributed by atoms with Crippen molar-refractivity contribution in [1.82, 2.24) is 4.90 Å². The summed E-state index contributed by atoms with van der Waals surface area (Å²) in [5.74, 6) is 0.245. The van der Waals surface area contributed by atoms with Gasteiger partial charge in [0, 0.05) is 22.9 Å². The summed E-state index contributed by atoms with van der Waals surface area (Å²) in [5.41, 5.74) is 0.647. The van der Waals surface area contributed by atoms with Crippen LogP contribution in [0.25, 0.3) is 11.0 Å². The van der Waals surface area contributed by atoms with Crippen LogP contribution in [0.1, 0.15) is 29.8 Å². The molecule has 0 spiro atoms. The lowest BCUT2D eigenvalue weighted by atomic mass is 9.94. The van der Waals surface area contributed by atoms with Crippen LogP contribution in [-0.4, -0.2) is 47.8 Å². The molecule has 1 N–H and O–H groups in total. The van der Waals surface area contributed by atoms with Gasteiger partial charge in [-0.05, 0) is 37.1 Å². The number of hydrogen-bond acceptors (Lipinski definition) is 4. The number of furan rings is 1. The third kappa shape index (κ3) is 2.81. The fourth-order valence-electron chi connectivity index (χ4n) is 3.91. The third-order valence-corrected chi connectivity index (χ3v) is 5.38. The zero-order valence-corrected chi connectivity index (χ0v) is 14.0. The molecule has 1 amide bonds. The quantitative estimate of drug-likeness (QED) is 0.905. The van der Waals surface area contributed by atoms with Crippen LogP contribution in [0.2, 0.25) is 5.02 Å². The highest BCUT2D eigenvalue weighted by molar-refractivity contribution is 6.31. The minimum atomic E-state index is -0.360. The van der Waals surface area contributed by atoms with E-state index in [2.05, 4.69) is 0 Å². The number of nitrogens with zero attached hydrogens (tertiary/aromatic N) is 1. The number of fused-ring (bicyclic) bond motifs is 1. The predicted molar refractivity (Wildman–Crippen MR) is 90.2 cm³/mol. The molecule has 1 aliphatic carbocycles. The lowest BCUT2D eigenvalue weighted by Gasteiger charge is -2.39. The van der Waals surface area contributed by atoms with Crippen LogP contribution in [0, 0.1) is 5.92 Å². The van der Waals surface area contributed by atoms with Crippen LogP contribution in [0.3, 0.4) is 0 Å². The lowest BCUT2D eigenvalue weighted by Crippen LogP contribution is -2.53. The van der Waals surface area contributed by atoms with Crippen LogP contribution >= 0.6 is 11.6 Å². The molecule has 2 fully saturated rings. The highest BCUT2D eigenvalue weighted by Gasteiger charge is 2.40. The molecule has 128 valence electrons. The fourth-order valence-corrected chi connectivity index (χ4v) is 4.09. The molecule has 6 heteroatoms. The van der Waals surface area contributed by atoms with Crippen molar-refractivity contribution in [2.75, 3.05) is 19.8 Å². The average molecular weight is 350 g/mol. The maximum absolute atomic E-state index is 13.0. The van der Waals surface area contributed by atoms with Gasteiger partial charge in [-0.2, -0.15) is 0 Å². The molecule has 1 aromatic heterocycles. The van der Waals surface area contributed by atoms with E-state index in [0.717, 1.165) is 24.6 Å². The van der Waals surface area contributed by atoms with E-state index in [4.69, 9.17) is 20.8 Å². The Hall–Kier alpha value is -1.56. The first-order valence-electron chi connectivity index (χ1n) is 8.39. The summed E-state index contributed by atoms with van der Waals surface area (Å²) in [6.45, 7) is 1.50. The molecule has 24 heavy (non-hydrogen) atoms. The van der Waals surface area contributed by atoms with Crippen molar-refractivity contribution in [2.45, 2.75) is 31.4 Å². The Bertz CT molecular complexity index is 759. The summed E-state index contributed by atoms with van der Waals surface area (Å²) in [6.07, 6.45) is 2.36.